The molecule has 2 aliphatic rings. The van der Waals surface area contributed by atoms with E-state index in [-0.39, 0.29) is 29.9 Å². The van der Waals surface area contributed by atoms with Crippen LogP contribution in [0.3, 0.4) is 0 Å². The van der Waals surface area contributed by atoms with Gasteiger partial charge in [0.2, 0.25) is 0 Å². The molecule has 4 nitrogen and oxygen atoms in total. The molecule has 1 fully saturated rings. The Bertz CT molecular complexity index is 898. The molecule has 2 heterocycles. The first kappa shape index (κ1) is 21.9. The van der Waals surface area contributed by atoms with Gasteiger partial charge in [-0.1, -0.05) is 22.0 Å². The molecule has 4 rings (SSSR count). The molecule has 0 N–H and O–H groups in total. The summed E-state index contributed by atoms with van der Waals surface area (Å²) in [6, 6.07) is 11.5. The van der Waals surface area contributed by atoms with Gasteiger partial charge in [-0.05, 0) is 73.8 Å². The lowest BCUT2D eigenvalue weighted by molar-refractivity contribution is 0.0707. The summed E-state index contributed by atoms with van der Waals surface area (Å²) in [5, 5.41) is 0. The van der Waals surface area contributed by atoms with Crippen molar-refractivity contribution < 1.29 is 14.0 Å². The second-order valence-electron chi connectivity index (χ2n) is 7.60. The van der Waals surface area contributed by atoms with Crippen molar-refractivity contribution in [2.75, 3.05) is 26.2 Å². The lowest BCUT2D eigenvalue weighted by Crippen LogP contribution is -2.41. The quantitative estimate of drug-likeness (QED) is 0.588. The minimum atomic E-state index is -0.331. The summed E-state index contributed by atoms with van der Waals surface area (Å²) < 4.78 is 14.0. The normalized spacial score (nSPS) is 17.2. The fourth-order valence-corrected chi connectivity index (χ4v) is 4.56. The van der Waals surface area contributed by atoms with Crippen molar-refractivity contribution in [1.29, 1.82) is 0 Å². The zero-order valence-corrected chi connectivity index (χ0v) is 18.3. The van der Waals surface area contributed by atoms with Crippen molar-refractivity contribution in [1.82, 2.24) is 9.80 Å². The number of hydrogen-bond donors (Lipinski definition) is 0. The maximum absolute atomic E-state index is 13.0. The average Bonchev–Trinajstić information content (AvgIpc) is 3.01. The van der Waals surface area contributed by atoms with E-state index in [0.29, 0.717) is 24.6 Å². The van der Waals surface area contributed by atoms with Crippen LogP contribution in [0.5, 0.6) is 0 Å². The molecule has 1 saturated heterocycles. The van der Waals surface area contributed by atoms with E-state index < -0.39 is 0 Å². The van der Waals surface area contributed by atoms with Gasteiger partial charge in [-0.2, -0.15) is 0 Å². The van der Waals surface area contributed by atoms with Gasteiger partial charge in [0.15, 0.2) is 5.78 Å². The Kier molecular flexibility index (Phi) is 7.09. The molecule has 2 aromatic rings. The number of carbonyl (C=O) groups excluding carboxylic acids is 2. The summed E-state index contributed by atoms with van der Waals surface area (Å²) in [6.45, 7) is 3.48. The van der Waals surface area contributed by atoms with E-state index in [0.717, 1.165) is 48.1 Å². The van der Waals surface area contributed by atoms with Gasteiger partial charge in [0.25, 0.3) is 5.91 Å². The number of Topliss-reactive ketones (excluding diaryl/α,β-unsaturated/α-hetero) is 1. The standard InChI is InChI=1S/C22H22BrFN2O2.ClH/c23-20-3-1-2-18-19(20)13-26(22(18)28)12-15-8-10-25(11-9-15)14-21(27)16-4-6-17(24)7-5-16;/h1-7,15H,8-14H2;1H. The van der Waals surface area contributed by atoms with E-state index in [1.54, 1.807) is 12.1 Å². The molecule has 29 heavy (non-hydrogen) atoms. The number of rotatable bonds is 5. The lowest BCUT2D eigenvalue weighted by Gasteiger charge is -2.33. The highest BCUT2D eigenvalue weighted by molar-refractivity contribution is 9.10. The van der Waals surface area contributed by atoms with Crippen LogP contribution in [0.2, 0.25) is 0 Å². The van der Waals surface area contributed by atoms with Crippen molar-refractivity contribution >= 4 is 40.0 Å². The SMILES string of the molecule is Cl.O=C(CN1CCC(CN2Cc3c(Br)cccc3C2=O)CC1)c1ccc(F)cc1. The van der Waals surface area contributed by atoms with Gasteiger partial charge in [0.05, 0.1) is 6.54 Å². The molecule has 7 heteroatoms. The van der Waals surface area contributed by atoms with Crippen LogP contribution < -0.4 is 0 Å². The number of carbonyl (C=O) groups is 2. The van der Waals surface area contributed by atoms with E-state index in [1.165, 1.54) is 12.1 Å². The van der Waals surface area contributed by atoms with Gasteiger partial charge in [-0.25, -0.2) is 4.39 Å². The second kappa shape index (κ2) is 9.37. The van der Waals surface area contributed by atoms with Gasteiger partial charge >= 0.3 is 0 Å². The monoisotopic (exact) mass is 480 g/mol. The zero-order chi connectivity index (χ0) is 19.7. The molecule has 0 aliphatic carbocycles. The number of piperidine rings is 1. The number of benzene rings is 2. The Hall–Kier alpha value is -1.76. The van der Waals surface area contributed by atoms with Crippen molar-refractivity contribution in [3.8, 4) is 0 Å². The summed E-state index contributed by atoms with van der Waals surface area (Å²) in [5.41, 5.74) is 2.43. The molecular weight excluding hydrogens is 459 g/mol. The number of ketones is 1. The molecule has 2 aromatic carbocycles. The zero-order valence-electron chi connectivity index (χ0n) is 15.9. The summed E-state index contributed by atoms with van der Waals surface area (Å²) in [5.74, 6) is 0.260. The molecule has 154 valence electrons. The maximum atomic E-state index is 13.0. The topological polar surface area (TPSA) is 40.6 Å². The van der Waals surface area contributed by atoms with Crippen molar-refractivity contribution in [2.45, 2.75) is 19.4 Å². The third kappa shape index (κ3) is 4.87. The van der Waals surface area contributed by atoms with Crippen LogP contribution in [0.25, 0.3) is 0 Å². The molecule has 0 atom stereocenters. The van der Waals surface area contributed by atoms with Crippen LogP contribution in [0.15, 0.2) is 46.9 Å². The van der Waals surface area contributed by atoms with Gasteiger partial charge in [-0.3, -0.25) is 14.5 Å². The molecule has 0 radical (unpaired) electrons. The highest BCUT2D eigenvalue weighted by Crippen LogP contribution is 2.31. The van der Waals surface area contributed by atoms with E-state index in [9.17, 15) is 14.0 Å². The van der Waals surface area contributed by atoms with E-state index >= 15 is 0 Å². The van der Waals surface area contributed by atoms with Crippen molar-refractivity contribution in [3.63, 3.8) is 0 Å². The fraction of sp³-hybridized carbons (Fsp3) is 0.364. The predicted molar refractivity (Wildman–Crippen MR) is 116 cm³/mol. The third-order valence-corrected chi connectivity index (χ3v) is 6.45. The van der Waals surface area contributed by atoms with Crippen LogP contribution in [0, 0.1) is 11.7 Å². The molecule has 0 saturated carbocycles. The van der Waals surface area contributed by atoms with Crippen molar-refractivity contribution in [3.05, 3.63) is 69.4 Å². The molecule has 0 unspecified atom stereocenters. The first-order valence-corrected chi connectivity index (χ1v) is 10.4. The minimum Gasteiger partial charge on any atom is -0.334 e. The Balaban J connectivity index is 0.00000240. The number of amides is 1. The average molecular weight is 482 g/mol. The predicted octanol–water partition coefficient (Wildman–Crippen LogP) is 4.56. The molecule has 0 spiro atoms. The van der Waals surface area contributed by atoms with Crippen LogP contribution in [-0.4, -0.2) is 47.7 Å². The first-order chi connectivity index (χ1) is 13.5. The fourth-order valence-electron chi connectivity index (χ4n) is 4.07. The van der Waals surface area contributed by atoms with E-state index in [4.69, 9.17) is 0 Å². The van der Waals surface area contributed by atoms with Crippen molar-refractivity contribution in [2.24, 2.45) is 5.92 Å². The highest BCUT2D eigenvalue weighted by atomic mass is 79.9. The maximum Gasteiger partial charge on any atom is 0.254 e. The molecular formula is C22H23BrClFN2O2. The third-order valence-electron chi connectivity index (χ3n) is 5.70. The van der Waals surface area contributed by atoms with Gasteiger partial charge < -0.3 is 4.90 Å². The van der Waals surface area contributed by atoms with Crippen LogP contribution >= 0.6 is 28.3 Å². The molecule has 1 amide bonds. The first-order valence-electron chi connectivity index (χ1n) is 9.59. The van der Waals surface area contributed by atoms with Crippen LogP contribution in [0.4, 0.5) is 4.39 Å². The van der Waals surface area contributed by atoms with E-state index in [2.05, 4.69) is 20.8 Å². The molecule has 0 bridgehead atoms. The van der Waals surface area contributed by atoms with Gasteiger partial charge in [0.1, 0.15) is 5.82 Å². The smallest absolute Gasteiger partial charge is 0.254 e. The summed E-state index contributed by atoms with van der Waals surface area (Å²) in [4.78, 5) is 29.1. The van der Waals surface area contributed by atoms with Gasteiger partial charge in [0, 0.05) is 28.7 Å². The number of likely N-dealkylation sites (tertiary alicyclic amines) is 1. The Morgan fingerprint density at radius 1 is 1.10 bits per heavy atom. The Labute approximate surface area is 184 Å². The number of halogens is 3. The largest absolute Gasteiger partial charge is 0.334 e. The Morgan fingerprint density at radius 3 is 2.45 bits per heavy atom. The number of fused-ring (bicyclic) bond motifs is 1. The van der Waals surface area contributed by atoms with Gasteiger partial charge in [-0.15, -0.1) is 12.4 Å². The van der Waals surface area contributed by atoms with Crippen LogP contribution in [0.1, 0.15) is 39.1 Å². The highest BCUT2D eigenvalue weighted by Gasteiger charge is 2.31. The second-order valence-corrected chi connectivity index (χ2v) is 8.46. The summed E-state index contributed by atoms with van der Waals surface area (Å²) >= 11 is 3.54. The number of nitrogens with zero attached hydrogens (tertiary/aromatic N) is 2. The number of hydrogen-bond acceptors (Lipinski definition) is 3. The van der Waals surface area contributed by atoms with E-state index in [1.807, 2.05) is 23.1 Å². The summed E-state index contributed by atoms with van der Waals surface area (Å²) in [6.07, 6.45) is 1.94. The minimum absolute atomic E-state index is 0. The molecule has 0 aromatic heterocycles. The lowest BCUT2D eigenvalue weighted by atomic mass is 9.95. The summed E-state index contributed by atoms with van der Waals surface area (Å²) in [7, 11) is 0. The molecule has 2 aliphatic heterocycles. The Morgan fingerprint density at radius 2 is 1.79 bits per heavy atom. The van der Waals surface area contributed by atoms with Crippen LogP contribution in [-0.2, 0) is 6.54 Å².